The van der Waals surface area contributed by atoms with Crippen LogP contribution in [0.2, 0.25) is 5.02 Å². The van der Waals surface area contributed by atoms with Crippen LogP contribution in [0, 0.1) is 13.8 Å². The van der Waals surface area contributed by atoms with Crippen LogP contribution in [0.4, 0.5) is 5.69 Å². The lowest BCUT2D eigenvalue weighted by Gasteiger charge is -2.25. The molecule has 1 aliphatic heterocycles. The molecule has 2 N–H and O–H groups in total. The summed E-state index contributed by atoms with van der Waals surface area (Å²) < 4.78 is 6.49. The van der Waals surface area contributed by atoms with Crippen LogP contribution >= 0.6 is 11.6 Å². The van der Waals surface area contributed by atoms with Gasteiger partial charge in [-0.3, -0.25) is 4.79 Å². The average molecular weight is 482 g/mol. The number of aryl methyl sites for hydroxylation is 2. The average Bonchev–Trinajstić information content (AvgIpc) is 2.80. The molecule has 1 aromatic heterocycles. The monoisotopic (exact) mass is 481 g/mol. The maximum Gasteiger partial charge on any atom is 0.260 e. The minimum atomic E-state index is -0.157. The molecule has 1 fully saturated rings. The highest BCUT2D eigenvalue weighted by atomic mass is 35.5. The highest BCUT2D eigenvalue weighted by Crippen LogP contribution is 2.39. The van der Waals surface area contributed by atoms with E-state index in [0.717, 1.165) is 53.8 Å². The molecule has 1 atom stereocenters. The molecule has 0 aliphatic carbocycles. The van der Waals surface area contributed by atoms with Crippen LogP contribution < -0.4 is 20.5 Å². The molecule has 34 heavy (non-hydrogen) atoms. The van der Waals surface area contributed by atoms with E-state index in [1.807, 2.05) is 6.07 Å². The molecule has 2 heterocycles. The van der Waals surface area contributed by atoms with Gasteiger partial charge < -0.3 is 19.9 Å². The lowest BCUT2D eigenvalue weighted by Crippen LogP contribution is -2.35. The smallest absolute Gasteiger partial charge is 0.260 e. The number of aromatic nitrogens is 1. The Kier molecular flexibility index (Phi) is 7.84. The Hall–Kier alpha value is -2.50. The van der Waals surface area contributed by atoms with E-state index in [9.17, 15) is 4.79 Å². The number of halogens is 1. The molecule has 2 aromatic carbocycles. The van der Waals surface area contributed by atoms with Crippen molar-refractivity contribution in [3.8, 4) is 16.9 Å². The molecule has 6 heteroatoms. The minimum Gasteiger partial charge on any atom is -0.492 e. The van der Waals surface area contributed by atoms with Crippen LogP contribution in [0.3, 0.4) is 0 Å². The lowest BCUT2D eigenvalue weighted by molar-refractivity contribution is 0.271. The fourth-order valence-electron chi connectivity index (χ4n) is 5.09. The van der Waals surface area contributed by atoms with E-state index in [-0.39, 0.29) is 5.56 Å². The summed E-state index contributed by atoms with van der Waals surface area (Å²) in [6.45, 7) is 11.7. The van der Waals surface area contributed by atoms with Crippen LogP contribution in [0.25, 0.3) is 22.0 Å². The Morgan fingerprint density at radius 2 is 1.79 bits per heavy atom. The van der Waals surface area contributed by atoms with Crippen molar-refractivity contribution in [1.29, 1.82) is 0 Å². The number of fused-ring (bicyclic) bond motifs is 1. The Morgan fingerprint density at radius 1 is 1.06 bits per heavy atom. The van der Waals surface area contributed by atoms with Crippen molar-refractivity contribution >= 4 is 28.2 Å². The molecule has 0 amide bonds. The summed E-state index contributed by atoms with van der Waals surface area (Å²) in [6, 6.07) is 10.6. The number of hydrogen-bond donors (Lipinski definition) is 2. The van der Waals surface area contributed by atoms with Gasteiger partial charge in [0.15, 0.2) is 0 Å². The highest BCUT2D eigenvalue weighted by Gasteiger charge is 2.20. The standard InChI is InChI=1S/C28H36ClN3O2/c1-5-32(6-2)25-16-22-24(17-23(25)29)31-28(33)26(20-14-18(3)13-19(4)15-20)27(22)34-12-10-21-9-7-8-11-30-21/h13-17,21,30H,5-12H2,1-4H3,(H,31,33)/t21-/m0/s1. The second-order valence-corrected chi connectivity index (χ2v) is 9.75. The summed E-state index contributed by atoms with van der Waals surface area (Å²) in [6.07, 6.45) is 4.58. The third kappa shape index (κ3) is 5.26. The molecule has 0 unspecified atom stereocenters. The number of rotatable bonds is 8. The first kappa shape index (κ1) is 24.6. The molecular weight excluding hydrogens is 446 g/mol. The largest absolute Gasteiger partial charge is 0.492 e. The SMILES string of the molecule is CCN(CC)c1cc2c(OCC[C@@H]3CCCCN3)c(-c3cc(C)cc(C)c3)c(=O)[nH]c2cc1Cl. The van der Waals surface area contributed by atoms with Gasteiger partial charge in [-0.25, -0.2) is 0 Å². The summed E-state index contributed by atoms with van der Waals surface area (Å²) in [4.78, 5) is 18.7. The van der Waals surface area contributed by atoms with Crippen molar-refractivity contribution in [3.05, 3.63) is 56.8 Å². The fourth-order valence-corrected chi connectivity index (χ4v) is 5.37. The van der Waals surface area contributed by atoms with Crippen molar-refractivity contribution in [2.75, 3.05) is 31.1 Å². The number of ether oxygens (including phenoxy) is 1. The number of pyridine rings is 1. The quantitative estimate of drug-likeness (QED) is 0.401. The third-order valence-electron chi connectivity index (χ3n) is 6.77. The molecule has 4 rings (SSSR count). The van der Waals surface area contributed by atoms with E-state index >= 15 is 0 Å². The minimum absolute atomic E-state index is 0.157. The van der Waals surface area contributed by atoms with Crippen LogP contribution in [-0.4, -0.2) is 37.3 Å². The van der Waals surface area contributed by atoms with Crippen LogP contribution in [0.1, 0.15) is 50.7 Å². The van der Waals surface area contributed by atoms with Crippen LogP contribution in [-0.2, 0) is 0 Å². The van der Waals surface area contributed by atoms with Gasteiger partial charge >= 0.3 is 0 Å². The number of anilines is 1. The number of H-pyrrole nitrogens is 1. The third-order valence-corrected chi connectivity index (χ3v) is 7.08. The van der Waals surface area contributed by atoms with E-state index in [1.165, 1.54) is 19.3 Å². The Morgan fingerprint density at radius 3 is 2.44 bits per heavy atom. The van der Waals surface area contributed by atoms with Gasteiger partial charge in [-0.1, -0.05) is 47.3 Å². The van der Waals surface area contributed by atoms with Crippen molar-refractivity contribution in [3.63, 3.8) is 0 Å². The maximum absolute atomic E-state index is 13.4. The highest BCUT2D eigenvalue weighted by molar-refractivity contribution is 6.34. The van der Waals surface area contributed by atoms with Gasteiger partial charge in [0.2, 0.25) is 0 Å². The van der Waals surface area contributed by atoms with Gasteiger partial charge in [-0.2, -0.15) is 0 Å². The first-order valence-corrected chi connectivity index (χ1v) is 12.9. The fraction of sp³-hybridized carbons (Fsp3) is 0.464. The lowest BCUT2D eigenvalue weighted by atomic mass is 9.99. The van der Waals surface area contributed by atoms with Gasteiger partial charge in [0.05, 0.1) is 28.4 Å². The second-order valence-electron chi connectivity index (χ2n) is 9.34. The van der Waals surface area contributed by atoms with Crippen molar-refractivity contribution in [2.24, 2.45) is 0 Å². The summed E-state index contributed by atoms with van der Waals surface area (Å²) in [5, 5.41) is 5.10. The van der Waals surface area contributed by atoms with Crippen molar-refractivity contribution < 1.29 is 4.74 Å². The van der Waals surface area contributed by atoms with Gasteiger partial charge in [0.1, 0.15) is 5.75 Å². The van der Waals surface area contributed by atoms with Crippen LogP contribution in [0.15, 0.2) is 35.1 Å². The molecule has 0 radical (unpaired) electrons. The first-order valence-electron chi connectivity index (χ1n) is 12.5. The van der Waals surface area contributed by atoms with E-state index in [0.29, 0.717) is 34.5 Å². The summed E-state index contributed by atoms with van der Waals surface area (Å²) >= 11 is 6.65. The zero-order chi connectivity index (χ0) is 24.2. The summed E-state index contributed by atoms with van der Waals surface area (Å²) in [7, 11) is 0. The van der Waals surface area contributed by atoms with Crippen molar-refractivity contribution in [2.45, 2.75) is 59.4 Å². The van der Waals surface area contributed by atoms with Gasteiger partial charge in [0.25, 0.3) is 5.56 Å². The van der Waals surface area contributed by atoms with E-state index in [1.54, 1.807) is 0 Å². The zero-order valence-corrected chi connectivity index (χ0v) is 21.5. The van der Waals surface area contributed by atoms with Crippen molar-refractivity contribution in [1.82, 2.24) is 10.3 Å². The molecule has 0 bridgehead atoms. The predicted octanol–water partition coefficient (Wildman–Crippen LogP) is 6.22. The molecule has 182 valence electrons. The normalized spacial score (nSPS) is 16.1. The molecule has 3 aromatic rings. The second kappa shape index (κ2) is 10.8. The molecule has 0 saturated carbocycles. The predicted molar refractivity (Wildman–Crippen MR) is 144 cm³/mol. The van der Waals surface area contributed by atoms with E-state index < -0.39 is 0 Å². The van der Waals surface area contributed by atoms with Gasteiger partial charge in [-0.05, 0) is 71.2 Å². The van der Waals surface area contributed by atoms with Gasteiger partial charge in [0, 0.05) is 24.5 Å². The molecular formula is C28H36ClN3O2. The molecule has 1 aliphatic rings. The summed E-state index contributed by atoms with van der Waals surface area (Å²) in [5.74, 6) is 0.643. The Balaban J connectivity index is 1.85. The number of nitrogens with zero attached hydrogens (tertiary/aromatic N) is 1. The zero-order valence-electron chi connectivity index (χ0n) is 20.8. The van der Waals surface area contributed by atoms with Gasteiger partial charge in [-0.15, -0.1) is 0 Å². The molecule has 1 saturated heterocycles. The number of nitrogens with one attached hydrogen (secondary N) is 2. The topological polar surface area (TPSA) is 57.4 Å². The number of hydrogen-bond acceptors (Lipinski definition) is 4. The first-order chi connectivity index (χ1) is 16.4. The molecule has 0 spiro atoms. The number of piperidine rings is 1. The summed E-state index contributed by atoms with van der Waals surface area (Å²) in [5.41, 5.74) is 5.20. The maximum atomic E-state index is 13.4. The Bertz CT molecular complexity index is 1190. The Labute approximate surface area is 207 Å². The number of benzene rings is 2. The van der Waals surface area contributed by atoms with E-state index in [2.05, 4.69) is 67.2 Å². The number of aromatic amines is 1. The van der Waals surface area contributed by atoms with E-state index in [4.69, 9.17) is 16.3 Å². The van der Waals surface area contributed by atoms with Crippen LogP contribution in [0.5, 0.6) is 5.75 Å². The molecule has 5 nitrogen and oxygen atoms in total.